The molecule has 8 nitrogen and oxygen atoms in total. The van der Waals surface area contributed by atoms with Crippen LogP contribution < -0.4 is 10.6 Å². The molecule has 0 radical (unpaired) electrons. The standard InChI is InChI=1S/C45H68N2O6/c1-28(2)31-18-23-45(40(53)46-26-10-8-9-11-37(50)47-33(39(51)52)27-29-12-14-30(48)15-13-29)25-24-43(6)32(38(31)45)16-17-35-42(5)21-20-36(49)41(3,4)34(42)19-22-44(35,43)7/h12-15,31-36,38,48-49H,1,8-11,16-27H2,2-7H3,(H,46,53)(H,47,50)(H,51,52)/t31-,32+,33-,34-,35+,36-,38+,42-,43+,44+,45-/m0/s1. The van der Waals surface area contributed by atoms with Crippen LogP contribution in [-0.4, -0.2) is 51.8 Å². The molecule has 0 spiro atoms. The highest BCUT2D eigenvalue weighted by atomic mass is 16.4. The molecule has 5 saturated carbocycles. The number of phenols is 1. The summed E-state index contributed by atoms with van der Waals surface area (Å²) in [5.74, 6) is 1.26. The van der Waals surface area contributed by atoms with Crippen molar-refractivity contribution in [3.63, 3.8) is 0 Å². The highest BCUT2D eigenvalue weighted by Crippen LogP contribution is 2.77. The largest absolute Gasteiger partial charge is 0.508 e. The van der Waals surface area contributed by atoms with Crippen LogP contribution in [0.5, 0.6) is 5.75 Å². The van der Waals surface area contributed by atoms with Gasteiger partial charge in [-0.05, 0) is 153 Å². The van der Waals surface area contributed by atoms with Crippen molar-refractivity contribution >= 4 is 17.8 Å². The quantitative estimate of drug-likeness (QED) is 0.109. The molecule has 5 N–H and O–H groups in total. The number of aliphatic hydroxyl groups is 1. The van der Waals surface area contributed by atoms with Crippen molar-refractivity contribution in [1.82, 2.24) is 10.6 Å². The van der Waals surface area contributed by atoms with E-state index in [9.17, 15) is 29.7 Å². The highest BCUT2D eigenvalue weighted by Gasteiger charge is 2.71. The summed E-state index contributed by atoms with van der Waals surface area (Å²) < 4.78 is 0. The number of aliphatic hydroxyl groups excluding tert-OH is 1. The number of benzene rings is 1. The van der Waals surface area contributed by atoms with E-state index in [2.05, 4.69) is 58.8 Å². The van der Waals surface area contributed by atoms with Crippen molar-refractivity contribution in [3.8, 4) is 5.75 Å². The molecular formula is C45H68N2O6. The Kier molecular flexibility index (Phi) is 11.0. The van der Waals surface area contributed by atoms with Crippen molar-refractivity contribution in [2.75, 3.05) is 6.54 Å². The summed E-state index contributed by atoms with van der Waals surface area (Å²) in [5, 5.41) is 36.3. The number of allylic oxidation sites excluding steroid dienone is 1. The Labute approximate surface area is 318 Å². The van der Waals surface area contributed by atoms with Gasteiger partial charge in [-0.25, -0.2) is 4.79 Å². The molecular weight excluding hydrogens is 665 g/mol. The van der Waals surface area contributed by atoms with Crippen LogP contribution in [0.4, 0.5) is 0 Å². The predicted octanol–water partition coefficient (Wildman–Crippen LogP) is 8.20. The number of hydrogen-bond acceptors (Lipinski definition) is 5. The zero-order valence-electron chi connectivity index (χ0n) is 33.4. The van der Waals surface area contributed by atoms with Crippen LogP contribution in [0, 0.1) is 56.7 Å². The molecule has 1 aromatic carbocycles. The molecule has 2 amide bonds. The Balaban J connectivity index is 1.07. The van der Waals surface area contributed by atoms with E-state index >= 15 is 0 Å². The fourth-order valence-corrected chi connectivity index (χ4v) is 13.8. The maximum atomic E-state index is 14.4. The van der Waals surface area contributed by atoms with E-state index in [1.807, 2.05) is 0 Å². The molecule has 0 aliphatic heterocycles. The van der Waals surface area contributed by atoms with Gasteiger partial charge in [0.05, 0.1) is 11.5 Å². The number of carbonyl (C=O) groups is 3. The normalized spacial score (nSPS) is 39.0. The topological polar surface area (TPSA) is 136 Å². The third-order valence-corrected chi connectivity index (χ3v) is 16.9. The molecule has 0 unspecified atom stereocenters. The number of unbranched alkanes of at least 4 members (excludes halogenated alkanes) is 2. The van der Waals surface area contributed by atoms with Crippen molar-refractivity contribution in [2.24, 2.45) is 56.7 Å². The lowest BCUT2D eigenvalue weighted by Crippen LogP contribution is -2.67. The van der Waals surface area contributed by atoms with Crippen molar-refractivity contribution in [3.05, 3.63) is 42.0 Å². The average Bonchev–Trinajstić information content (AvgIpc) is 3.50. The summed E-state index contributed by atoms with van der Waals surface area (Å²) in [5.41, 5.74) is 2.11. The lowest BCUT2D eigenvalue weighted by atomic mass is 9.32. The van der Waals surface area contributed by atoms with E-state index in [4.69, 9.17) is 0 Å². The second-order valence-electron chi connectivity index (χ2n) is 19.6. The minimum Gasteiger partial charge on any atom is -0.508 e. The molecule has 11 atom stereocenters. The molecule has 0 aromatic heterocycles. The van der Waals surface area contributed by atoms with Crippen LogP contribution in [0.3, 0.4) is 0 Å². The van der Waals surface area contributed by atoms with Crippen LogP contribution in [0.15, 0.2) is 36.4 Å². The number of carbonyl (C=O) groups excluding carboxylic acids is 2. The van der Waals surface area contributed by atoms with Crippen molar-refractivity contribution < 1.29 is 29.7 Å². The molecule has 5 aliphatic carbocycles. The summed E-state index contributed by atoms with van der Waals surface area (Å²) in [4.78, 5) is 38.9. The fraction of sp³-hybridized carbons (Fsp3) is 0.756. The van der Waals surface area contributed by atoms with Gasteiger partial charge >= 0.3 is 5.97 Å². The first-order chi connectivity index (χ1) is 24.9. The number of carboxylic acids is 1. The van der Waals surface area contributed by atoms with Gasteiger partial charge in [0.1, 0.15) is 11.8 Å². The Morgan fingerprint density at radius 1 is 0.849 bits per heavy atom. The third-order valence-electron chi connectivity index (χ3n) is 16.9. The number of aliphatic carboxylic acids is 1. The molecule has 5 fully saturated rings. The smallest absolute Gasteiger partial charge is 0.326 e. The first-order valence-electron chi connectivity index (χ1n) is 20.8. The van der Waals surface area contributed by atoms with Gasteiger partial charge in [0.2, 0.25) is 11.8 Å². The summed E-state index contributed by atoms with van der Waals surface area (Å²) >= 11 is 0. The van der Waals surface area contributed by atoms with Crippen LogP contribution in [0.2, 0.25) is 0 Å². The fourth-order valence-electron chi connectivity index (χ4n) is 13.8. The number of hydrogen-bond donors (Lipinski definition) is 5. The van der Waals surface area contributed by atoms with Gasteiger partial charge < -0.3 is 26.0 Å². The Bertz CT molecular complexity index is 1560. The Morgan fingerprint density at radius 2 is 1.57 bits per heavy atom. The average molecular weight is 733 g/mol. The number of fused-ring (bicyclic) bond motifs is 7. The molecule has 0 bridgehead atoms. The molecule has 53 heavy (non-hydrogen) atoms. The van der Waals surface area contributed by atoms with Gasteiger partial charge in [-0.15, -0.1) is 0 Å². The van der Waals surface area contributed by atoms with E-state index in [1.54, 1.807) is 12.1 Å². The van der Waals surface area contributed by atoms with Gasteiger partial charge in [-0.1, -0.05) is 65.3 Å². The molecule has 5 aliphatic rings. The number of rotatable bonds is 12. The van der Waals surface area contributed by atoms with Crippen LogP contribution >= 0.6 is 0 Å². The Morgan fingerprint density at radius 3 is 2.25 bits per heavy atom. The van der Waals surface area contributed by atoms with Crippen molar-refractivity contribution in [2.45, 2.75) is 150 Å². The SMILES string of the molecule is C=C(C)[C@@H]1CC[C@]2(C(=O)NCCCCCC(=O)N[C@@H](Cc3ccc(O)cc3)C(=O)O)CC[C@]3(C)[C@H](CC[C@@H]4[C@@]5(C)CC[C@H](O)C(C)(C)[C@@H]5CC[C@]43C)[C@@H]12. The number of phenolic OH excluding ortho intramolecular Hbond substituents is 1. The second-order valence-corrected chi connectivity index (χ2v) is 19.6. The van der Waals surface area contributed by atoms with Gasteiger partial charge in [0.15, 0.2) is 0 Å². The zero-order valence-corrected chi connectivity index (χ0v) is 33.4. The molecule has 6 rings (SSSR count). The minimum atomic E-state index is -1.09. The number of aromatic hydroxyl groups is 1. The van der Waals surface area contributed by atoms with Crippen LogP contribution in [0.25, 0.3) is 0 Å². The molecule has 1 aromatic rings. The van der Waals surface area contributed by atoms with Crippen LogP contribution in [0.1, 0.15) is 137 Å². The molecule has 294 valence electrons. The van der Waals surface area contributed by atoms with Gasteiger partial charge in [-0.2, -0.15) is 0 Å². The highest BCUT2D eigenvalue weighted by molar-refractivity contribution is 5.84. The molecule has 8 heteroatoms. The second kappa shape index (κ2) is 14.7. The third kappa shape index (κ3) is 6.75. The maximum Gasteiger partial charge on any atom is 0.326 e. The first-order valence-corrected chi connectivity index (χ1v) is 20.8. The van der Waals surface area contributed by atoms with E-state index in [1.165, 1.54) is 43.4 Å². The first kappa shape index (κ1) is 39.8. The van der Waals surface area contributed by atoms with E-state index in [-0.39, 0.29) is 63.6 Å². The van der Waals surface area contributed by atoms with Gasteiger partial charge in [-0.3, -0.25) is 9.59 Å². The van der Waals surface area contributed by atoms with Gasteiger partial charge in [0, 0.05) is 19.4 Å². The van der Waals surface area contributed by atoms with Crippen molar-refractivity contribution in [1.29, 1.82) is 0 Å². The maximum absolute atomic E-state index is 14.4. The predicted molar refractivity (Wildman–Crippen MR) is 208 cm³/mol. The molecule has 0 saturated heterocycles. The van der Waals surface area contributed by atoms with Gasteiger partial charge in [0.25, 0.3) is 0 Å². The number of carboxylic acid groups (broad SMARTS) is 1. The summed E-state index contributed by atoms with van der Waals surface area (Å²) in [6.45, 7) is 19.7. The zero-order chi connectivity index (χ0) is 38.6. The lowest BCUT2D eigenvalue weighted by Gasteiger charge is -2.72. The van der Waals surface area contributed by atoms with E-state index in [0.717, 1.165) is 56.9 Å². The molecule has 0 heterocycles. The van der Waals surface area contributed by atoms with Crippen LogP contribution in [-0.2, 0) is 20.8 Å². The van der Waals surface area contributed by atoms with E-state index < -0.39 is 12.0 Å². The lowest BCUT2D eigenvalue weighted by molar-refractivity contribution is -0.246. The number of amides is 2. The monoisotopic (exact) mass is 733 g/mol. The van der Waals surface area contributed by atoms with E-state index in [0.29, 0.717) is 42.6 Å². The summed E-state index contributed by atoms with van der Waals surface area (Å²) in [7, 11) is 0. The summed E-state index contributed by atoms with van der Waals surface area (Å²) in [6, 6.07) is 5.29. The Hall–Kier alpha value is -2.87. The minimum absolute atomic E-state index is 0.0618. The number of nitrogens with one attached hydrogen (secondary N) is 2. The summed E-state index contributed by atoms with van der Waals surface area (Å²) in [6.07, 6.45) is 13.1.